The van der Waals surface area contributed by atoms with Gasteiger partial charge < -0.3 is 19.6 Å². The third-order valence-electron chi connectivity index (χ3n) is 8.85. The molecule has 0 atom stereocenters. The molecule has 6 heterocycles. The number of likely N-dealkylation sites (tertiary alicyclic amines) is 1. The molecule has 10 nitrogen and oxygen atoms in total. The summed E-state index contributed by atoms with van der Waals surface area (Å²) in [4.78, 5) is 36.1. The molecular weight excluding hydrogens is 637 g/mol. The van der Waals surface area contributed by atoms with Crippen LogP contribution in [0.15, 0.2) is 60.9 Å². The summed E-state index contributed by atoms with van der Waals surface area (Å²) in [5, 5.41) is 10.5. The minimum absolute atomic E-state index is 0. The van der Waals surface area contributed by atoms with Crippen LogP contribution in [0, 0.1) is 23.1 Å². The van der Waals surface area contributed by atoms with Gasteiger partial charge in [-0.2, -0.15) is 5.26 Å². The molecule has 2 aliphatic rings. The fourth-order valence-corrected chi connectivity index (χ4v) is 7.13. The normalized spacial score (nSPS) is 15.3. The molecule has 0 unspecified atom stereocenters. The Balaban J connectivity index is 0.00000386. The Kier molecular flexibility index (Phi) is 9.14. The average Bonchev–Trinajstić information content (AvgIpc) is 3.68. The molecule has 13 heteroatoms. The third kappa shape index (κ3) is 6.14. The molecule has 2 aliphatic heterocycles. The van der Waals surface area contributed by atoms with E-state index in [0.717, 1.165) is 73.4 Å². The van der Waals surface area contributed by atoms with Gasteiger partial charge in [0.2, 0.25) is 5.91 Å². The first kappa shape index (κ1) is 32.4. The number of benzene rings is 1. The van der Waals surface area contributed by atoms with Gasteiger partial charge in [0, 0.05) is 75.4 Å². The van der Waals surface area contributed by atoms with Crippen LogP contribution in [-0.2, 0) is 11.2 Å². The molecule has 0 radical (unpaired) electrons. The number of amides is 1. The largest absolute Gasteiger partial charge is 0.353 e. The minimum Gasteiger partial charge on any atom is -0.353 e. The van der Waals surface area contributed by atoms with Crippen LogP contribution in [0.5, 0.6) is 0 Å². The number of hydrogen-bond acceptors (Lipinski definition) is 9. The standard InChI is InChI=1S/C34H34FN9OS.ClH/c1-4-27-32(41(3)34-39-31(28(17-36)46-34)22-5-9-26(35)10-6-22)44-21-24(8-12-30(44)38-27)23-7-11-29(37-18-23)42-13-15-43(16-14-42)33(45)25-19-40(2)20-25;/h5-12,18,21,25H,4,13-16,19-20H2,1-3H3;1H. The fraction of sp³-hybridized carbons (Fsp3) is 0.324. The van der Waals surface area contributed by atoms with E-state index in [1.54, 1.807) is 12.1 Å². The maximum absolute atomic E-state index is 13.6. The summed E-state index contributed by atoms with van der Waals surface area (Å²) in [7, 11) is 3.98. The number of piperazine rings is 1. The van der Waals surface area contributed by atoms with Gasteiger partial charge in [-0.1, -0.05) is 18.3 Å². The van der Waals surface area contributed by atoms with E-state index in [1.807, 2.05) is 48.3 Å². The fourth-order valence-electron chi connectivity index (χ4n) is 6.28. The number of nitrogens with zero attached hydrogens (tertiary/aromatic N) is 9. The number of aryl methyl sites for hydroxylation is 1. The van der Waals surface area contributed by atoms with Crippen LogP contribution in [0.2, 0.25) is 0 Å². The number of fused-ring (bicyclic) bond motifs is 1. The zero-order valence-electron chi connectivity index (χ0n) is 26.4. The molecule has 0 spiro atoms. The number of carbonyl (C=O) groups is 1. The molecule has 0 aliphatic carbocycles. The number of pyridine rings is 2. The Morgan fingerprint density at radius 2 is 1.72 bits per heavy atom. The third-order valence-corrected chi connectivity index (χ3v) is 9.88. The van der Waals surface area contributed by atoms with Gasteiger partial charge in [0.25, 0.3) is 0 Å². The molecule has 0 bridgehead atoms. The van der Waals surface area contributed by atoms with Crippen LogP contribution < -0.4 is 9.80 Å². The quantitative estimate of drug-likeness (QED) is 0.224. The number of aromatic nitrogens is 4. The SMILES string of the molecule is CCc1nc2ccc(-c3ccc(N4CCN(C(=O)C5CN(C)C5)CC4)nc3)cn2c1N(C)c1nc(-c2ccc(F)cc2)c(C#N)s1.Cl. The van der Waals surface area contributed by atoms with Gasteiger partial charge in [-0.3, -0.25) is 9.20 Å². The van der Waals surface area contributed by atoms with Crippen LogP contribution >= 0.6 is 23.7 Å². The number of rotatable bonds is 7. The first-order chi connectivity index (χ1) is 22.3. The second-order valence-corrected chi connectivity index (χ2v) is 12.8. The lowest BCUT2D eigenvalue weighted by Gasteiger charge is -2.41. The van der Waals surface area contributed by atoms with Crippen LogP contribution in [0.3, 0.4) is 0 Å². The van der Waals surface area contributed by atoms with E-state index in [4.69, 9.17) is 15.0 Å². The molecule has 2 fully saturated rings. The highest BCUT2D eigenvalue weighted by molar-refractivity contribution is 7.16. The monoisotopic (exact) mass is 671 g/mol. The van der Waals surface area contributed by atoms with Gasteiger partial charge in [0.15, 0.2) is 5.13 Å². The molecule has 7 rings (SSSR count). The van der Waals surface area contributed by atoms with Crippen LogP contribution in [0.1, 0.15) is 17.5 Å². The molecule has 0 saturated carbocycles. The predicted octanol–water partition coefficient (Wildman–Crippen LogP) is 5.49. The second-order valence-electron chi connectivity index (χ2n) is 11.9. The summed E-state index contributed by atoms with van der Waals surface area (Å²) in [5.74, 6) is 1.86. The predicted molar refractivity (Wildman–Crippen MR) is 185 cm³/mol. The van der Waals surface area contributed by atoms with Gasteiger partial charge in [0.05, 0.1) is 11.6 Å². The van der Waals surface area contributed by atoms with Crippen molar-refractivity contribution in [3.63, 3.8) is 0 Å². The van der Waals surface area contributed by atoms with Crippen molar-refractivity contribution in [3.05, 3.63) is 77.3 Å². The zero-order valence-corrected chi connectivity index (χ0v) is 28.1. The van der Waals surface area contributed by atoms with Gasteiger partial charge in [-0.25, -0.2) is 19.3 Å². The summed E-state index contributed by atoms with van der Waals surface area (Å²) in [5.41, 5.74) is 4.92. The Bertz CT molecular complexity index is 1940. The van der Waals surface area contributed by atoms with E-state index >= 15 is 0 Å². The molecule has 1 amide bonds. The van der Waals surface area contributed by atoms with Gasteiger partial charge in [-0.15, -0.1) is 12.4 Å². The maximum atomic E-state index is 13.6. The molecule has 4 aromatic heterocycles. The van der Waals surface area contributed by atoms with E-state index in [0.29, 0.717) is 27.7 Å². The van der Waals surface area contributed by atoms with Crippen molar-refractivity contribution in [2.45, 2.75) is 13.3 Å². The van der Waals surface area contributed by atoms with E-state index in [2.05, 4.69) is 39.5 Å². The van der Waals surface area contributed by atoms with Crippen molar-refractivity contribution in [2.24, 2.45) is 5.92 Å². The molecular formula is C34H35ClFN9OS. The smallest absolute Gasteiger partial charge is 0.228 e. The number of thiazole rings is 1. The summed E-state index contributed by atoms with van der Waals surface area (Å²) >= 11 is 1.30. The average molecular weight is 672 g/mol. The zero-order chi connectivity index (χ0) is 31.9. The Labute approximate surface area is 283 Å². The summed E-state index contributed by atoms with van der Waals surface area (Å²) in [6.45, 7) is 6.75. The Morgan fingerprint density at radius 1 is 1.02 bits per heavy atom. The highest BCUT2D eigenvalue weighted by atomic mass is 35.5. The minimum atomic E-state index is -0.336. The van der Waals surface area contributed by atoms with E-state index in [9.17, 15) is 14.4 Å². The van der Waals surface area contributed by atoms with Gasteiger partial charge >= 0.3 is 0 Å². The summed E-state index contributed by atoms with van der Waals surface area (Å²) in [6, 6.07) is 16.5. The number of halogens is 2. The number of carbonyl (C=O) groups excluding carboxylic acids is 1. The maximum Gasteiger partial charge on any atom is 0.228 e. The van der Waals surface area contributed by atoms with Crippen molar-refractivity contribution in [1.29, 1.82) is 5.26 Å². The lowest BCUT2D eigenvalue weighted by molar-refractivity contribution is -0.140. The highest BCUT2D eigenvalue weighted by Crippen LogP contribution is 2.37. The van der Waals surface area contributed by atoms with Gasteiger partial charge in [-0.05, 0) is 62.0 Å². The second kappa shape index (κ2) is 13.3. The lowest BCUT2D eigenvalue weighted by Crippen LogP contribution is -2.57. The summed E-state index contributed by atoms with van der Waals surface area (Å²) in [6.07, 6.45) is 4.67. The van der Waals surface area contributed by atoms with E-state index < -0.39 is 0 Å². The van der Waals surface area contributed by atoms with E-state index in [1.165, 1.54) is 23.5 Å². The van der Waals surface area contributed by atoms with Crippen LogP contribution in [0.25, 0.3) is 28.0 Å². The van der Waals surface area contributed by atoms with Crippen LogP contribution in [0.4, 0.5) is 21.2 Å². The number of imidazole rings is 1. The first-order valence-electron chi connectivity index (χ1n) is 15.4. The van der Waals surface area contributed by atoms with E-state index in [-0.39, 0.29) is 30.0 Å². The molecule has 5 aromatic rings. The number of nitriles is 1. The summed E-state index contributed by atoms with van der Waals surface area (Å²) < 4.78 is 15.6. The Morgan fingerprint density at radius 3 is 2.36 bits per heavy atom. The highest BCUT2D eigenvalue weighted by Gasteiger charge is 2.34. The number of anilines is 3. The van der Waals surface area contributed by atoms with Crippen molar-refractivity contribution >= 4 is 52.1 Å². The molecule has 0 N–H and O–H groups in total. The van der Waals surface area contributed by atoms with Gasteiger partial charge in [0.1, 0.15) is 39.7 Å². The van der Waals surface area contributed by atoms with Crippen molar-refractivity contribution in [3.8, 4) is 28.5 Å². The van der Waals surface area contributed by atoms with Crippen molar-refractivity contribution in [1.82, 2.24) is 29.2 Å². The van der Waals surface area contributed by atoms with Crippen LogP contribution in [-0.4, -0.2) is 88.4 Å². The molecule has 1 aromatic carbocycles. The van der Waals surface area contributed by atoms with Crippen molar-refractivity contribution in [2.75, 3.05) is 63.2 Å². The lowest BCUT2D eigenvalue weighted by atomic mass is 9.99. The number of hydrogen-bond donors (Lipinski definition) is 0. The first-order valence-corrected chi connectivity index (χ1v) is 16.2. The molecule has 47 heavy (non-hydrogen) atoms. The topological polar surface area (TPSA) is 96.9 Å². The molecule has 2 saturated heterocycles. The Hall–Kier alpha value is -4.57. The molecule has 242 valence electrons. The van der Waals surface area contributed by atoms with Crippen molar-refractivity contribution < 1.29 is 9.18 Å².